The summed E-state index contributed by atoms with van der Waals surface area (Å²) in [5.41, 5.74) is 6.53. The highest BCUT2D eigenvalue weighted by Gasteiger charge is 2.17. The Balaban J connectivity index is 2.14. The first-order valence-corrected chi connectivity index (χ1v) is 8.04. The SMILES string of the molecule is Cc1occc1C(=O)Nc1cc(Cl)ccc1C(=O)NCCCCN. The van der Waals surface area contributed by atoms with Gasteiger partial charge in [-0.25, -0.2) is 0 Å². The van der Waals surface area contributed by atoms with Gasteiger partial charge in [0.05, 0.1) is 23.1 Å². The van der Waals surface area contributed by atoms with E-state index in [1.807, 2.05) is 0 Å². The van der Waals surface area contributed by atoms with Crippen LogP contribution in [0, 0.1) is 6.92 Å². The predicted molar refractivity (Wildman–Crippen MR) is 93.5 cm³/mol. The van der Waals surface area contributed by atoms with Crippen LogP contribution in [0.3, 0.4) is 0 Å². The quantitative estimate of drug-likeness (QED) is 0.669. The van der Waals surface area contributed by atoms with E-state index in [0.29, 0.717) is 40.7 Å². The molecule has 0 aliphatic heterocycles. The molecule has 0 fully saturated rings. The Morgan fingerprint density at radius 1 is 1.17 bits per heavy atom. The summed E-state index contributed by atoms with van der Waals surface area (Å²) >= 11 is 5.99. The third-order valence-corrected chi connectivity index (χ3v) is 3.73. The fourth-order valence-electron chi connectivity index (χ4n) is 2.19. The summed E-state index contributed by atoms with van der Waals surface area (Å²) in [6.07, 6.45) is 3.07. The monoisotopic (exact) mass is 349 g/mol. The van der Waals surface area contributed by atoms with E-state index in [4.69, 9.17) is 21.8 Å². The molecular formula is C17H20ClN3O3. The van der Waals surface area contributed by atoms with E-state index in [1.165, 1.54) is 6.26 Å². The van der Waals surface area contributed by atoms with Crippen molar-refractivity contribution in [1.82, 2.24) is 5.32 Å². The summed E-state index contributed by atoms with van der Waals surface area (Å²) in [5.74, 6) is -0.133. The van der Waals surface area contributed by atoms with Crippen molar-refractivity contribution in [2.24, 2.45) is 5.73 Å². The number of nitrogens with two attached hydrogens (primary N) is 1. The summed E-state index contributed by atoms with van der Waals surface area (Å²) < 4.78 is 5.12. The zero-order valence-corrected chi connectivity index (χ0v) is 14.2. The minimum Gasteiger partial charge on any atom is -0.469 e. The van der Waals surface area contributed by atoms with E-state index in [0.717, 1.165) is 12.8 Å². The number of carbonyl (C=O) groups is 2. The minimum atomic E-state index is -0.360. The smallest absolute Gasteiger partial charge is 0.259 e. The number of furan rings is 1. The molecule has 128 valence electrons. The second-order valence-electron chi connectivity index (χ2n) is 5.29. The molecule has 0 saturated carbocycles. The molecule has 0 unspecified atom stereocenters. The van der Waals surface area contributed by atoms with Crippen LogP contribution in [-0.2, 0) is 0 Å². The molecule has 0 saturated heterocycles. The second kappa shape index (κ2) is 8.52. The van der Waals surface area contributed by atoms with Gasteiger partial charge >= 0.3 is 0 Å². The van der Waals surface area contributed by atoms with Gasteiger partial charge in [0.15, 0.2) is 0 Å². The van der Waals surface area contributed by atoms with E-state index in [2.05, 4.69) is 10.6 Å². The second-order valence-corrected chi connectivity index (χ2v) is 5.72. The third-order valence-electron chi connectivity index (χ3n) is 3.49. The van der Waals surface area contributed by atoms with E-state index < -0.39 is 0 Å². The number of carbonyl (C=O) groups excluding carboxylic acids is 2. The Kier molecular flexibility index (Phi) is 6.40. The Labute approximate surface area is 145 Å². The lowest BCUT2D eigenvalue weighted by Crippen LogP contribution is -2.26. The molecule has 2 rings (SSSR count). The summed E-state index contributed by atoms with van der Waals surface area (Å²) in [4.78, 5) is 24.6. The van der Waals surface area contributed by atoms with Gasteiger partial charge in [0, 0.05) is 11.6 Å². The van der Waals surface area contributed by atoms with Crippen molar-refractivity contribution in [3.63, 3.8) is 0 Å². The number of aryl methyl sites for hydroxylation is 1. The third kappa shape index (κ3) is 4.59. The number of nitrogens with one attached hydrogen (secondary N) is 2. The van der Waals surface area contributed by atoms with Crippen LogP contribution in [0.25, 0.3) is 0 Å². The number of hydrogen-bond donors (Lipinski definition) is 3. The van der Waals surface area contributed by atoms with Crippen molar-refractivity contribution >= 4 is 29.1 Å². The molecule has 0 atom stereocenters. The highest BCUT2D eigenvalue weighted by molar-refractivity contribution is 6.31. The molecule has 1 heterocycles. The van der Waals surface area contributed by atoms with Crippen LogP contribution in [0.5, 0.6) is 0 Å². The summed E-state index contributed by atoms with van der Waals surface area (Å²) in [7, 11) is 0. The van der Waals surface area contributed by atoms with Gasteiger partial charge in [0.1, 0.15) is 5.76 Å². The number of hydrogen-bond acceptors (Lipinski definition) is 4. The summed E-state index contributed by atoms with van der Waals surface area (Å²) in [6, 6.07) is 6.30. The molecule has 2 amide bonds. The van der Waals surface area contributed by atoms with Crippen LogP contribution in [0.1, 0.15) is 39.3 Å². The molecule has 1 aromatic heterocycles. The summed E-state index contributed by atoms with van der Waals surface area (Å²) in [6.45, 7) is 2.80. The highest BCUT2D eigenvalue weighted by Crippen LogP contribution is 2.22. The van der Waals surface area contributed by atoms with Crippen molar-refractivity contribution in [2.45, 2.75) is 19.8 Å². The Morgan fingerprint density at radius 3 is 2.62 bits per heavy atom. The molecule has 7 heteroatoms. The van der Waals surface area contributed by atoms with E-state index in [9.17, 15) is 9.59 Å². The molecule has 6 nitrogen and oxygen atoms in total. The Bertz CT molecular complexity index is 728. The predicted octanol–water partition coefficient (Wildman–Crippen LogP) is 2.96. The van der Waals surface area contributed by atoms with Crippen molar-refractivity contribution in [3.05, 3.63) is 52.4 Å². The summed E-state index contributed by atoms with van der Waals surface area (Å²) in [5, 5.41) is 5.94. The Hall–Kier alpha value is -2.31. The van der Waals surface area contributed by atoms with E-state index in [1.54, 1.807) is 31.2 Å². The molecule has 1 aromatic carbocycles. The number of halogens is 1. The molecule has 0 aliphatic rings. The average molecular weight is 350 g/mol. The van der Waals surface area contributed by atoms with Gasteiger partial charge in [-0.3, -0.25) is 9.59 Å². The fourth-order valence-corrected chi connectivity index (χ4v) is 2.37. The molecule has 4 N–H and O–H groups in total. The minimum absolute atomic E-state index is 0.275. The largest absolute Gasteiger partial charge is 0.469 e. The van der Waals surface area contributed by atoms with Gasteiger partial charge in [-0.05, 0) is 50.6 Å². The van der Waals surface area contributed by atoms with Crippen LogP contribution in [0.2, 0.25) is 5.02 Å². The molecule has 2 aromatic rings. The lowest BCUT2D eigenvalue weighted by Gasteiger charge is -2.12. The maximum absolute atomic E-state index is 12.3. The van der Waals surface area contributed by atoms with Crippen LogP contribution in [0.15, 0.2) is 34.9 Å². The van der Waals surface area contributed by atoms with E-state index in [-0.39, 0.29) is 11.8 Å². The van der Waals surface area contributed by atoms with Gasteiger partial charge in [0.25, 0.3) is 11.8 Å². The Morgan fingerprint density at radius 2 is 1.96 bits per heavy atom. The number of rotatable bonds is 7. The molecule has 0 aliphatic carbocycles. The van der Waals surface area contributed by atoms with Crippen molar-refractivity contribution in [1.29, 1.82) is 0 Å². The van der Waals surface area contributed by atoms with E-state index >= 15 is 0 Å². The first-order chi connectivity index (χ1) is 11.5. The lowest BCUT2D eigenvalue weighted by atomic mass is 10.1. The van der Waals surface area contributed by atoms with Gasteiger partial charge in [0.2, 0.25) is 0 Å². The van der Waals surface area contributed by atoms with Crippen molar-refractivity contribution in [2.75, 3.05) is 18.4 Å². The number of amides is 2. The molecule has 24 heavy (non-hydrogen) atoms. The highest BCUT2D eigenvalue weighted by atomic mass is 35.5. The number of unbranched alkanes of at least 4 members (excludes halogenated alkanes) is 1. The maximum Gasteiger partial charge on any atom is 0.259 e. The first-order valence-electron chi connectivity index (χ1n) is 7.66. The van der Waals surface area contributed by atoms with Crippen molar-refractivity contribution in [3.8, 4) is 0 Å². The van der Waals surface area contributed by atoms with Crippen LogP contribution >= 0.6 is 11.6 Å². The number of anilines is 1. The van der Waals surface area contributed by atoms with Crippen molar-refractivity contribution < 1.29 is 14.0 Å². The lowest BCUT2D eigenvalue weighted by molar-refractivity contribution is 0.0954. The topological polar surface area (TPSA) is 97.4 Å². The average Bonchev–Trinajstić information content (AvgIpc) is 2.97. The van der Waals surface area contributed by atoms with Gasteiger partial charge in [-0.15, -0.1) is 0 Å². The maximum atomic E-state index is 12.3. The van der Waals surface area contributed by atoms with Crippen LogP contribution < -0.4 is 16.4 Å². The van der Waals surface area contributed by atoms with Gasteiger partial charge in [-0.1, -0.05) is 11.6 Å². The fraction of sp³-hybridized carbons (Fsp3) is 0.294. The normalized spacial score (nSPS) is 10.5. The van der Waals surface area contributed by atoms with Gasteiger partial charge < -0.3 is 20.8 Å². The standard InChI is InChI=1S/C17H20ClN3O3/c1-11-13(6-9-24-11)17(23)21-15-10-12(18)4-5-14(15)16(22)20-8-3-2-7-19/h4-6,9-10H,2-3,7-8,19H2,1H3,(H,20,22)(H,21,23). The molecular weight excluding hydrogens is 330 g/mol. The molecule has 0 radical (unpaired) electrons. The molecule has 0 bridgehead atoms. The zero-order chi connectivity index (χ0) is 17.5. The van der Waals surface area contributed by atoms with Gasteiger partial charge in [-0.2, -0.15) is 0 Å². The first kappa shape index (κ1) is 18.0. The zero-order valence-electron chi connectivity index (χ0n) is 13.4. The van der Waals surface area contributed by atoms with Crippen LogP contribution in [-0.4, -0.2) is 24.9 Å². The van der Waals surface area contributed by atoms with Crippen LogP contribution in [0.4, 0.5) is 5.69 Å². The number of benzene rings is 1. The molecule has 0 spiro atoms.